The molecule has 1 aromatic rings. The van der Waals surface area contributed by atoms with Crippen molar-refractivity contribution in [3.63, 3.8) is 0 Å². The lowest BCUT2D eigenvalue weighted by atomic mass is 10.0. The van der Waals surface area contributed by atoms with Crippen LogP contribution in [0.25, 0.3) is 0 Å². The Kier molecular flexibility index (Phi) is 3.59. The molecule has 0 aliphatic heterocycles. The minimum absolute atomic E-state index is 0.289. The van der Waals surface area contributed by atoms with Crippen molar-refractivity contribution in [2.24, 2.45) is 5.73 Å². The molecule has 0 spiro atoms. The van der Waals surface area contributed by atoms with Crippen LogP contribution >= 0.6 is 0 Å². The molecule has 0 amide bonds. The normalized spacial score (nSPS) is 19.7. The van der Waals surface area contributed by atoms with Crippen LogP contribution in [-0.4, -0.2) is 16.2 Å². The van der Waals surface area contributed by atoms with E-state index in [2.05, 4.69) is 17.1 Å². The number of nitrogens with zero attached hydrogens (tertiary/aromatic N) is 2. The maximum Gasteiger partial charge on any atom is 0.229 e. The van der Waals surface area contributed by atoms with Gasteiger partial charge in [0.2, 0.25) is 5.89 Å². The van der Waals surface area contributed by atoms with Crippen molar-refractivity contribution in [2.75, 3.05) is 0 Å². The molecule has 0 aromatic carbocycles. The first-order valence-corrected chi connectivity index (χ1v) is 6.26. The Morgan fingerprint density at radius 1 is 1.38 bits per heavy atom. The molecule has 90 valence electrons. The molecule has 2 rings (SSSR count). The molecule has 1 aliphatic rings. The molecule has 0 radical (unpaired) electrons. The smallest absolute Gasteiger partial charge is 0.229 e. The van der Waals surface area contributed by atoms with E-state index in [1.54, 1.807) is 0 Å². The highest BCUT2D eigenvalue weighted by molar-refractivity contribution is 5.04. The van der Waals surface area contributed by atoms with E-state index in [-0.39, 0.29) is 6.04 Å². The molecule has 2 atom stereocenters. The van der Waals surface area contributed by atoms with Crippen LogP contribution < -0.4 is 5.73 Å². The van der Waals surface area contributed by atoms with Crippen LogP contribution in [0, 0.1) is 0 Å². The number of hydrogen-bond donors (Lipinski definition) is 1. The van der Waals surface area contributed by atoms with Crippen LogP contribution in [0.4, 0.5) is 0 Å². The zero-order valence-electron chi connectivity index (χ0n) is 10.1. The van der Waals surface area contributed by atoms with Crippen molar-refractivity contribution in [1.29, 1.82) is 0 Å². The van der Waals surface area contributed by atoms with E-state index >= 15 is 0 Å². The third-order valence-electron chi connectivity index (χ3n) is 3.12. The van der Waals surface area contributed by atoms with Crippen molar-refractivity contribution >= 4 is 0 Å². The quantitative estimate of drug-likeness (QED) is 0.805. The monoisotopic (exact) mass is 223 g/mol. The molecule has 2 unspecified atom stereocenters. The van der Waals surface area contributed by atoms with Crippen LogP contribution in [-0.2, 0) is 0 Å². The lowest BCUT2D eigenvalue weighted by Gasteiger charge is -2.07. The second-order valence-electron chi connectivity index (χ2n) is 5.07. The zero-order valence-corrected chi connectivity index (χ0v) is 10.1. The molecule has 16 heavy (non-hydrogen) atoms. The van der Waals surface area contributed by atoms with E-state index in [9.17, 15) is 0 Å². The average Bonchev–Trinajstić information content (AvgIpc) is 2.96. The molecular weight excluding hydrogens is 202 g/mol. The summed E-state index contributed by atoms with van der Waals surface area (Å²) in [5.74, 6) is 2.65. The molecule has 4 heteroatoms. The maximum atomic E-state index is 5.72. The van der Waals surface area contributed by atoms with Gasteiger partial charge in [0.25, 0.3) is 0 Å². The fraction of sp³-hybridized carbons (Fsp3) is 0.833. The first-order valence-electron chi connectivity index (χ1n) is 6.26. The van der Waals surface area contributed by atoms with Crippen molar-refractivity contribution in [2.45, 2.75) is 63.8 Å². The average molecular weight is 223 g/mol. The second-order valence-corrected chi connectivity index (χ2v) is 5.07. The van der Waals surface area contributed by atoms with E-state index in [1.807, 2.05) is 6.92 Å². The predicted molar refractivity (Wildman–Crippen MR) is 62.2 cm³/mol. The molecule has 1 saturated carbocycles. The minimum atomic E-state index is 0.289. The van der Waals surface area contributed by atoms with Crippen LogP contribution in [0.1, 0.15) is 69.5 Å². The molecule has 1 aliphatic carbocycles. The van der Waals surface area contributed by atoms with Gasteiger partial charge in [0.1, 0.15) is 0 Å². The van der Waals surface area contributed by atoms with Gasteiger partial charge >= 0.3 is 0 Å². The molecule has 0 bridgehead atoms. The van der Waals surface area contributed by atoms with Crippen molar-refractivity contribution < 1.29 is 4.52 Å². The first kappa shape index (κ1) is 11.6. The minimum Gasteiger partial charge on any atom is -0.339 e. The Hall–Kier alpha value is -0.900. The Labute approximate surface area is 96.6 Å². The summed E-state index contributed by atoms with van der Waals surface area (Å²) in [6, 6.07) is 0.289. The highest BCUT2D eigenvalue weighted by Gasteiger charge is 2.29. The van der Waals surface area contributed by atoms with E-state index in [1.165, 1.54) is 12.8 Å². The van der Waals surface area contributed by atoms with Crippen molar-refractivity contribution in [1.82, 2.24) is 10.1 Å². The Morgan fingerprint density at radius 2 is 2.12 bits per heavy atom. The summed E-state index contributed by atoms with van der Waals surface area (Å²) in [6.45, 7) is 4.19. The lowest BCUT2D eigenvalue weighted by Crippen LogP contribution is -2.14. The fourth-order valence-electron chi connectivity index (χ4n) is 1.82. The van der Waals surface area contributed by atoms with Gasteiger partial charge < -0.3 is 10.3 Å². The van der Waals surface area contributed by atoms with Gasteiger partial charge in [0.05, 0.1) is 0 Å². The first-order chi connectivity index (χ1) is 7.66. The van der Waals surface area contributed by atoms with E-state index in [0.29, 0.717) is 11.8 Å². The third-order valence-corrected chi connectivity index (χ3v) is 3.12. The fourth-order valence-corrected chi connectivity index (χ4v) is 1.82. The van der Waals surface area contributed by atoms with E-state index in [0.717, 1.165) is 31.0 Å². The predicted octanol–water partition coefficient (Wildman–Crippen LogP) is 2.57. The van der Waals surface area contributed by atoms with Crippen molar-refractivity contribution in [3.8, 4) is 0 Å². The molecular formula is C12H21N3O. The summed E-state index contributed by atoms with van der Waals surface area (Å²) >= 11 is 0. The van der Waals surface area contributed by atoms with Crippen LogP contribution in [0.3, 0.4) is 0 Å². The van der Waals surface area contributed by atoms with Gasteiger partial charge in [-0.05, 0) is 32.6 Å². The van der Waals surface area contributed by atoms with E-state index < -0.39 is 0 Å². The molecule has 0 saturated heterocycles. The van der Waals surface area contributed by atoms with Crippen LogP contribution in [0.5, 0.6) is 0 Å². The summed E-state index contributed by atoms with van der Waals surface area (Å²) < 4.78 is 5.29. The second kappa shape index (κ2) is 4.95. The number of nitrogens with two attached hydrogens (primary N) is 1. The summed E-state index contributed by atoms with van der Waals surface area (Å²) in [6.07, 6.45) is 5.71. The Bertz CT molecular complexity index is 331. The number of aromatic nitrogens is 2. The molecule has 1 heterocycles. The van der Waals surface area contributed by atoms with Gasteiger partial charge in [0.15, 0.2) is 5.82 Å². The van der Waals surface area contributed by atoms with Crippen molar-refractivity contribution in [3.05, 3.63) is 11.7 Å². The van der Waals surface area contributed by atoms with E-state index in [4.69, 9.17) is 10.3 Å². The summed E-state index contributed by atoms with van der Waals surface area (Å²) in [5.41, 5.74) is 5.72. The number of rotatable bonds is 6. The van der Waals surface area contributed by atoms with Gasteiger partial charge in [0, 0.05) is 17.9 Å². The van der Waals surface area contributed by atoms with Crippen LogP contribution in [0.15, 0.2) is 4.52 Å². The van der Waals surface area contributed by atoms with Gasteiger partial charge in [-0.25, -0.2) is 0 Å². The van der Waals surface area contributed by atoms with Gasteiger partial charge in [-0.1, -0.05) is 18.5 Å². The molecule has 1 fully saturated rings. The molecule has 2 N–H and O–H groups in total. The third kappa shape index (κ3) is 3.04. The maximum absolute atomic E-state index is 5.72. The molecule has 1 aromatic heterocycles. The summed E-state index contributed by atoms with van der Waals surface area (Å²) in [4.78, 5) is 4.46. The Balaban J connectivity index is 1.80. The Morgan fingerprint density at radius 3 is 2.75 bits per heavy atom. The van der Waals surface area contributed by atoms with Gasteiger partial charge in [-0.2, -0.15) is 4.98 Å². The zero-order chi connectivity index (χ0) is 11.5. The highest BCUT2D eigenvalue weighted by atomic mass is 16.5. The largest absolute Gasteiger partial charge is 0.339 e. The van der Waals surface area contributed by atoms with Crippen LogP contribution in [0.2, 0.25) is 0 Å². The summed E-state index contributed by atoms with van der Waals surface area (Å²) in [5, 5.41) is 4.03. The highest BCUT2D eigenvalue weighted by Crippen LogP contribution is 2.38. The van der Waals surface area contributed by atoms with Gasteiger partial charge in [-0.3, -0.25) is 0 Å². The molecule has 4 nitrogen and oxygen atoms in total. The SMILES string of the molecule is CC(N)CCCC(C)c1nc(C2CC2)no1. The number of hydrogen-bond acceptors (Lipinski definition) is 4. The standard InChI is InChI=1S/C12H21N3O/c1-8(4-3-5-9(2)13)12-14-11(15-16-12)10-6-7-10/h8-10H,3-7,13H2,1-2H3. The summed E-state index contributed by atoms with van der Waals surface area (Å²) in [7, 11) is 0. The topological polar surface area (TPSA) is 64.9 Å². The van der Waals surface area contributed by atoms with Gasteiger partial charge in [-0.15, -0.1) is 0 Å². The lowest BCUT2D eigenvalue weighted by molar-refractivity contribution is 0.346.